The predicted molar refractivity (Wildman–Crippen MR) is 70.3 cm³/mol. The molecule has 4 nitrogen and oxygen atoms in total. The van der Waals surface area contributed by atoms with E-state index in [1.165, 1.54) is 0 Å². The van der Waals surface area contributed by atoms with Crippen molar-refractivity contribution in [1.29, 1.82) is 0 Å². The van der Waals surface area contributed by atoms with Gasteiger partial charge in [0.25, 0.3) is 0 Å². The second-order valence-electron chi connectivity index (χ2n) is 5.19. The molecule has 0 bridgehead atoms. The Morgan fingerprint density at radius 3 is 2.89 bits per heavy atom. The Bertz CT molecular complexity index is 511. The van der Waals surface area contributed by atoms with E-state index in [1.807, 2.05) is 6.07 Å². The highest BCUT2D eigenvalue weighted by Crippen LogP contribution is 2.43. The van der Waals surface area contributed by atoms with E-state index in [2.05, 4.69) is 17.2 Å². The minimum absolute atomic E-state index is 0.0247. The van der Waals surface area contributed by atoms with E-state index in [9.17, 15) is 10.2 Å². The highest BCUT2D eigenvalue weighted by Gasteiger charge is 2.33. The molecule has 96 valence electrons. The molecule has 0 aromatic heterocycles. The number of hydrogen-bond donors (Lipinski definition) is 3. The molecule has 4 heteroatoms. The first-order valence-electron chi connectivity index (χ1n) is 6.50. The van der Waals surface area contributed by atoms with Gasteiger partial charge in [0.1, 0.15) is 5.84 Å². The quantitative estimate of drug-likeness (QED) is 0.662. The lowest BCUT2D eigenvalue weighted by atomic mass is 9.75. The third kappa shape index (κ3) is 1.64. The maximum Gasteiger partial charge on any atom is 0.160 e. The topological polar surface area (TPSA) is 64.8 Å². The Hall–Kier alpha value is -1.71. The first-order chi connectivity index (χ1) is 8.68. The summed E-state index contributed by atoms with van der Waals surface area (Å²) >= 11 is 0. The molecule has 0 saturated carbocycles. The lowest BCUT2D eigenvalue weighted by Crippen LogP contribution is -2.32. The fraction of sp³-hybridized carbons (Fsp3) is 0.500. The van der Waals surface area contributed by atoms with E-state index in [4.69, 9.17) is 0 Å². The number of benzene rings is 1. The Morgan fingerprint density at radius 2 is 2.17 bits per heavy atom. The number of aromatic hydroxyl groups is 2. The summed E-state index contributed by atoms with van der Waals surface area (Å²) in [6.07, 6.45) is 1.83. The van der Waals surface area contributed by atoms with Crippen molar-refractivity contribution in [2.75, 3.05) is 13.1 Å². The maximum absolute atomic E-state index is 9.98. The standard InChI is InChI=1S/C14H18N2O2/c1-8-2-3-10-9(4-5-11(17)13(10)18)12(8)14-15-6-7-16-14/h4-5,8,12,17-18H,2-3,6-7H2,1H3,(H,15,16)/t8-,12+/m1/s1. The Kier molecular flexibility index (Phi) is 2.65. The SMILES string of the molecule is C[C@@H]1CCc2c(ccc(O)c2O)[C@H]1C1=NCCN1. The Morgan fingerprint density at radius 1 is 1.33 bits per heavy atom. The van der Waals surface area contributed by atoms with Crippen LogP contribution in [0, 0.1) is 5.92 Å². The molecular weight excluding hydrogens is 228 g/mol. The van der Waals surface area contributed by atoms with Gasteiger partial charge in [-0.2, -0.15) is 0 Å². The van der Waals surface area contributed by atoms with Crippen LogP contribution in [-0.2, 0) is 6.42 Å². The first kappa shape index (κ1) is 11.4. The lowest BCUT2D eigenvalue weighted by molar-refractivity contribution is 0.386. The summed E-state index contributed by atoms with van der Waals surface area (Å²) in [6.45, 7) is 3.95. The van der Waals surface area contributed by atoms with Crippen LogP contribution in [0.25, 0.3) is 0 Å². The Labute approximate surface area is 106 Å². The van der Waals surface area contributed by atoms with Gasteiger partial charge in [0, 0.05) is 18.0 Å². The lowest BCUT2D eigenvalue weighted by Gasteiger charge is -2.32. The van der Waals surface area contributed by atoms with E-state index < -0.39 is 0 Å². The van der Waals surface area contributed by atoms with Crippen LogP contribution in [0.4, 0.5) is 0 Å². The van der Waals surface area contributed by atoms with Crippen molar-refractivity contribution in [3.8, 4) is 11.5 Å². The van der Waals surface area contributed by atoms with Crippen molar-refractivity contribution in [2.24, 2.45) is 10.9 Å². The molecule has 0 saturated heterocycles. The molecule has 0 radical (unpaired) electrons. The molecule has 1 aliphatic carbocycles. The van der Waals surface area contributed by atoms with Crippen LogP contribution in [0.2, 0.25) is 0 Å². The van der Waals surface area contributed by atoms with Crippen LogP contribution >= 0.6 is 0 Å². The van der Waals surface area contributed by atoms with Crippen molar-refractivity contribution < 1.29 is 10.2 Å². The summed E-state index contributed by atoms with van der Waals surface area (Å²) in [6, 6.07) is 3.50. The summed E-state index contributed by atoms with van der Waals surface area (Å²) in [4.78, 5) is 4.52. The zero-order chi connectivity index (χ0) is 12.7. The summed E-state index contributed by atoms with van der Waals surface area (Å²) in [5.74, 6) is 1.79. The van der Waals surface area contributed by atoms with Gasteiger partial charge in [0.2, 0.25) is 0 Å². The average Bonchev–Trinajstić information content (AvgIpc) is 2.87. The first-order valence-corrected chi connectivity index (χ1v) is 6.50. The summed E-state index contributed by atoms with van der Waals surface area (Å²) in [5.41, 5.74) is 1.99. The van der Waals surface area contributed by atoms with E-state index >= 15 is 0 Å². The van der Waals surface area contributed by atoms with E-state index in [1.54, 1.807) is 6.07 Å². The van der Waals surface area contributed by atoms with Crippen LogP contribution in [0.15, 0.2) is 17.1 Å². The number of amidine groups is 1. The summed E-state index contributed by atoms with van der Waals surface area (Å²) < 4.78 is 0. The highest BCUT2D eigenvalue weighted by atomic mass is 16.3. The second kappa shape index (κ2) is 4.19. The molecule has 3 N–H and O–H groups in total. The fourth-order valence-corrected chi connectivity index (χ4v) is 3.08. The number of phenolic OH excluding ortho intramolecular Hbond substituents is 2. The summed E-state index contributed by atoms with van der Waals surface area (Å²) in [7, 11) is 0. The predicted octanol–water partition coefficient (Wildman–Crippen LogP) is 1.77. The van der Waals surface area contributed by atoms with Gasteiger partial charge in [-0.1, -0.05) is 13.0 Å². The molecule has 2 atom stereocenters. The molecule has 0 amide bonds. The smallest absolute Gasteiger partial charge is 0.160 e. The zero-order valence-electron chi connectivity index (χ0n) is 10.5. The van der Waals surface area contributed by atoms with Gasteiger partial charge in [-0.25, -0.2) is 0 Å². The molecule has 1 aliphatic heterocycles. The third-order valence-electron chi connectivity index (χ3n) is 4.05. The van der Waals surface area contributed by atoms with Crippen molar-refractivity contribution in [3.63, 3.8) is 0 Å². The van der Waals surface area contributed by atoms with Gasteiger partial charge in [-0.05, 0) is 30.4 Å². The minimum atomic E-state index is -0.0247. The number of hydrogen-bond acceptors (Lipinski definition) is 4. The maximum atomic E-state index is 9.98. The van der Waals surface area contributed by atoms with Gasteiger partial charge < -0.3 is 15.5 Å². The highest BCUT2D eigenvalue weighted by molar-refractivity contribution is 5.91. The van der Waals surface area contributed by atoms with Crippen molar-refractivity contribution in [1.82, 2.24) is 5.32 Å². The van der Waals surface area contributed by atoms with Gasteiger partial charge in [-0.15, -0.1) is 0 Å². The van der Waals surface area contributed by atoms with Crippen LogP contribution in [0.1, 0.15) is 30.4 Å². The number of nitrogens with zero attached hydrogens (tertiary/aromatic N) is 1. The van der Waals surface area contributed by atoms with Crippen molar-refractivity contribution in [3.05, 3.63) is 23.3 Å². The Balaban J connectivity index is 2.09. The number of rotatable bonds is 1. The average molecular weight is 246 g/mol. The fourth-order valence-electron chi connectivity index (χ4n) is 3.08. The van der Waals surface area contributed by atoms with E-state index in [-0.39, 0.29) is 17.4 Å². The zero-order valence-corrected chi connectivity index (χ0v) is 10.5. The number of phenols is 2. The van der Waals surface area contributed by atoms with Crippen molar-refractivity contribution >= 4 is 5.84 Å². The normalized spacial score (nSPS) is 26.4. The molecule has 18 heavy (non-hydrogen) atoms. The van der Waals surface area contributed by atoms with Gasteiger partial charge in [0.15, 0.2) is 11.5 Å². The monoisotopic (exact) mass is 246 g/mol. The second-order valence-corrected chi connectivity index (χ2v) is 5.19. The molecule has 1 heterocycles. The summed E-state index contributed by atoms with van der Waals surface area (Å²) in [5, 5.41) is 22.9. The van der Waals surface area contributed by atoms with Crippen molar-refractivity contribution in [2.45, 2.75) is 25.7 Å². The molecule has 3 rings (SSSR count). The van der Waals surface area contributed by atoms with Crippen LogP contribution in [0.3, 0.4) is 0 Å². The molecular formula is C14H18N2O2. The third-order valence-corrected chi connectivity index (χ3v) is 4.05. The molecule has 0 unspecified atom stereocenters. The number of nitrogens with one attached hydrogen (secondary N) is 1. The molecule has 1 aromatic carbocycles. The van der Waals surface area contributed by atoms with Gasteiger partial charge >= 0.3 is 0 Å². The number of aliphatic imine (C=N–C) groups is 1. The molecule has 1 aromatic rings. The largest absolute Gasteiger partial charge is 0.504 e. The molecule has 2 aliphatic rings. The van der Waals surface area contributed by atoms with E-state index in [0.29, 0.717) is 5.92 Å². The minimum Gasteiger partial charge on any atom is -0.504 e. The van der Waals surface area contributed by atoms with E-state index in [0.717, 1.165) is 42.9 Å². The van der Waals surface area contributed by atoms with Crippen LogP contribution < -0.4 is 5.32 Å². The molecule has 0 fully saturated rings. The van der Waals surface area contributed by atoms with Gasteiger partial charge in [-0.3, -0.25) is 4.99 Å². The van der Waals surface area contributed by atoms with Crippen LogP contribution in [0.5, 0.6) is 11.5 Å². The molecule has 0 spiro atoms. The van der Waals surface area contributed by atoms with Gasteiger partial charge in [0.05, 0.1) is 6.54 Å². The van der Waals surface area contributed by atoms with Crippen LogP contribution in [-0.4, -0.2) is 29.1 Å². The number of fused-ring (bicyclic) bond motifs is 1.